The van der Waals surface area contributed by atoms with Crippen molar-refractivity contribution in [1.82, 2.24) is 4.90 Å². The topological polar surface area (TPSA) is 80.8 Å². The molecule has 1 saturated heterocycles. The fourth-order valence-corrected chi connectivity index (χ4v) is 5.77. The quantitative estimate of drug-likeness (QED) is 0.721. The number of carbonyl (C=O) groups excluding carboxylic acids is 2. The minimum absolute atomic E-state index is 0.0594. The van der Waals surface area contributed by atoms with Crippen LogP contribution in [-0.2, 0) is 19.4 Å². The Morgan fingerprint density at radius 1 is 1.38 bits per heavy atom. The third kappa shape index (κ3) is 3.88. The van der Waals surface area contributed by atoms with E-state index in [0.717, 1.165) is 11.3 Å². The summed E-state index contributed by atoms with van der Waals surface area (Å²) in [6.07, 6.45) is 0.394. The highest BCUT2D eigenvalue weighted by atomic mass is 32.2. The van der Waals surface area contributed by atoms with Gasteiger partial charge in [-0.15, -0.1) is 11.3 Å². The molecule has 1 atom stereocenters. The Hall–Kier alpha value is -2.00. The minimum Gasteiger partial charge on any atom is -0.451 e. The SMILES string of the molecule is CCN(C(=O)COC(=O)c1cc2c(F)cccc2s1)[C@@H]1CCS(=O)(=O)C1. The van der Waals surface area contributed by atoms with Gasteiger partial charge in [0.1, 0.15) is 10.7 Å². The predicted molar refractivity (Wildman–Crippen MR) is 96.5 cm³/mol. The van der Waals surface area contributed by atoms with Gasteiger partial charge in [0, 0.05) is 22.7 Å². The van der Waals surface area contributed by atoms with Gasteiger partial charge >= 0.3 is 5.97 Å². The molecule has 0 N–H and O–H groups in total. The number of esters is 1. The first-order chi connectivity index (χ1) is 12.3. The van der Waals surface area contributed by atoms with E-state index in [1.807, 2.05) is 0 Å². The number of ether oxygens (including phenoxy) is 1. The molecule has 1 aliphatic rings. The average molecular weight is 399 g/mol. The van der Waals surface area contributed by atoms with Gasteiger partial charge in [0.15, 0.2) is 16.4 Å². The number of carbonyl (C=O) groups is 2. The first-order valence-electron chi connectivity index (χ1n) is 8.16. The standard InChI is InChI=1S/C17H18FNO5S2/c1-2-19(11-6-7-26(22,23)10-11)16(20)9-24-17(21)15-8-12-13(18)4-3-5-14(12)25-15/h3-5,8,11H,2,6-7,9-10H2,1H3/t11-/m1/s1. The molecular formula is C17H18FNO5S2. The van der Waals surface area contributed by atoms with Crippen LogP contribution in [0.4, 0.5) is 4.39 Å². The lowest BCUT2D eigenvalue weighted by molar-refractivity contribution is -0.136. The second-order valence-corrected chi connectivity index (χ2v) is 9.39. The summed E-state index contributed by atoms with van der Waals surface area (Å²) in [4.78, 5) is 26.1. The van der Waals surface area contributed by atoms with Gasteiger partial charge < -0.3 is 9.64 Å². The molecule has 0 spiro atoms. The van der Waals surface area contributed by atoms with E-state index in [4.69, 9.17) is 4.74 Å². The Balaban J connectivity index is 1.64. The summed E-state index contributed by atoms with van der Waals surface area (Å²) >= 11 is 1.09. The number of likely N-dealkylation sites (N-methyl/N-ethyl adjacent to an activating group) is 1. The number of hydrogen-bond donors (Lipinski definition) is 0. The van der Waals surface area contributed by atoms with Crippen LogP contribution in [0, 0.1) is 5.82 Å². The van der Waals surface area contributed by atoms with E-state index in [0.29, 0.717) is 23.1 Å². The van der Waals surface area contributed by atoms with Crippen LogP contribution < -0.4 is 0 Å². The minimum atomic E-state index is -3.11. The number of sulfone groups is 1. The molecule has 0 aliphatic carbocycles. The highest BCUT2D eigenvalue weighted by Crippen LogP contribution is 2.28. The molecule has 0 unspecified atom stereocenters. The van der Waals surface area contributed by atoms with Crippen molar-refractivity contribution in [1.29, 1.82) is 0 Å². The highest BCUT2D eigenvalue weighted by molar-refractivity contribution is 7.91. The maximum Gasteiger partial charge on any atom is 0.348 e. The molecule has 1 aliphatic heterocycles. The molecule has 140 valence electrons. The van der Waals surface area contributed by atoms with E-state index in [9.17, 15) is 22.4 Å². The molecule has 0 bridgehead atoms. The van der Waals surface area contributed by atoms with Crippen LogP contribution in [0.15, 0.2) is 24.3 Å². The molecule has 3 rings (SSSR count). The Kier molecular flexibility index (Phi) is 5.29. The van der Waals surface area contributed by atoms with E-state index in [1.54, 1.807) is 19.1 Å². The van der Waals surface area contributed by atoms with Gasteiger partial charge in [0.05, 0.1) is 11.5 Å². The third-order valence-electron chi connectivity index (χ3n) is 4.35. The van der Waals surface area contributed by atoms with Gasteiger partial charge in [0.2, 0.25) is 0 Å². The highest BCUT2D eigenvalue weighted by Gasteiger charge is 2.34. The molecule has 26 heavy (non-hydrogen) atoms. The fourth-order valence-electron chi connectivity index (χ4n) is 3.07. The van der Waals surface area contributed by atoms with Crippen molar-refractivity contribution in [2.45, 2.75) is 19.4 Å². The smallest absolute Gasteiger partial charge is 0.348 e. The summed E-state index contributed by atoms with van der Waals surface area (Å²) in [6, 6.07) is 5.59. The van der Waals surface area contributed by atoms with Crippen molar-refractivity contribution in [3.8, 4) is 0 Å². The second kappa shape index (κ2) is 7.32. The molecule has 2 heterocycles. The van der Waals surface area contributed by atoms with Gasteiger partial charge in [-0.05, 0) is 31.5 Å². The van der Waals surface area contributed by atoms with E-state index < -0.39 is 34.1 Å². The number of nitrogens with zero attached hydrogens (tertiary/aromatic N) is 1. The van der Waals surface area contributed by atoms with Crippen molar-refractivity contribution < 1.29 is 27.1 Å². The van der Waals surface area contributed by atoms with Crippen LogP contribution in [-0.4, -0.2) is 55.9 Å². The van der Waals surface area contributed by atoms with Crippen molar-refractivity contribution in [3.63, 3.8) is 0 Å². The van der Waals surface area contributed by atoms with E-state index in [1.165, 1.54) is 17.0 Å². The van der Waals surface area contributed by atoms with Crippen molar-refractivity contribution in [3.05, 3.63) is 35.0 Å². The largest absolute Gasteiger partial charge is 0.451 e. The zero-order chi connectivity index (χ0) is 18.9. The van der Waals surface area contributed by atoms with Crippen molar-refractivity contribution in [2.75, 3.05) is 24.7 Å². The van der Waals surface area contributed by atoms with Gasteiger partial charge in [-0.1, -0.05) is 6.07 Å². The summed E-state index contributed by atoms with van der Waals surface area (Å²) in [5, 5.41) is 0.335. The number of thiophene rings is 1. The van der Waals surface area contributed by atoms with Crippen LogP contribution in [0.3, 0.4) is 0 Å². The number of benzene rings is 1. The number of rotatable bonds is 5. The van der Waals surface area contributed by atoms with Crippen LogP contribution in [0.5, 0.6) is 0 Å². The van der Waals surface area contributed by atoms with Crippen LogP contribution in [0.1, 0.15) is 23.0 Å². The molecule has 1 amide bonds. The summed E-state index contributed by atoms with van der Waals surface area (Å²) in [5.74, 6) is -1.55. The second-order valence-electron chi connectivity index (χ2n) is 6.08. The van der Waals surface area contributed by atoms with Crippen LogP contribution >= 0.6 is 11.3 Å². The molecule has 9 heteroatoms. The van der Waals surface area contributed by atoms with Crippen LogP contribution in [0.25, 0.3) is 10.1 Å². The van der Waals surface area contributed by atoms with E-state index in [2.05, 4.69) is 0 Å². The summed E-state index contributed by atoms with van der Waals surface area (Å²) in [6.45, 7) is 1.62. The maximum absolute atomic E-state index is 13.7. The number of hydrogen-bond acceptors (Lipinski definition) is 6. The van der Waals surface area contributed by atoms with Crippen molar-refractivity contribution >= 4 is 43.1 Å². The Labute approximate surface area is 154 Å². The molecule has 1 fully saturated rings. The van der Waals surface area contributed by atoms with Gasteiger partial charge in [-0.3, -0.25) is 4.79 Å². The van der Waals surface area contributed by atoms with Gasteiger partial charge in [-0.2, -0.15) is 0 Å². The molecular weight excluding hydrogens is 381 g/mol. The fraction of sp³-hybridized carbons (Fsp3) is 0.412. The number of fused-ring (bicyclic) bond motifs is 1. The molecule has 2 aromatic rings. The Morgan fingerprint density at radius 3 is 2.77 bits per heavy atom. The summed E-state index contributed by atoms with van der Waals surface area (Å²) in [7, 11) is -3.11. The monoisotopic (exact) mass is 399 g/mol. The predicted octanol–water partition coefficient (Wildman–Crippen LogP) is 2.23. The zero-order valence-corrected chi connectivity index (χ0v) is 15.7. The lowest BCUT2D eigenvalue weighted by Crippen LogP contribution is -2.43. The lowest BCUT2D eigenvalue weighted by Gasteiger charge is -2.26. The normalized spacial score (nSPS) is 18.8. The zero-order valence-electron chi connectivity index (χ0n) is 14.1. The van der Waals surface area contributed by atoms with E-state index in [-0.39, 0.29) is 22.4 Å². The Morgan fingerprint density at radius 2 is 2.15 bits per heavy atom. The number of halogens is 1. The lowest BCUT2D eigenvalue weighted by atomic mass is 10.2. The first kappa shape index (κ1) is 18.8. The van der Waals surface area contributed by atoms with E-state index >= 15 is 0 Å². The third-order valence-corrected chi connectivity index (χ3v) is 7.18. The molecule has 1 aromatic heterocycles. The molecule has 0 radical (unpaired) electrons. The molecule has 1 aromatic carbocycles. The van der Waals surface area contributed by atoms with Crippen LogP contribution in [0.2, 0.25) is 0 Å². The summed E-state index contributed by atoms with van der Waals surface area (Å²) in [5.41, 5.74) is 0. The van der Waals surface area contributed by atoms with Crippen molar-refractivity contribution in [2.24, 2.45) is 0 Å². The average Bonchev–Trinajstić information content (AvgIpc) is 3.18. The van der Waals surface area contributed by atoms with Gasteiger partial charge in [-0.25, -0.2) is 17.6 Å². The maximum atomic E-state index is 13.7. The molecule has 6 nitrogen and oxygen atoms in total. The Bertz CT molecular complexity index is 953. The van der Waals surface area contributed by atoms with Gasteiger partial charge in [0.25, 0.3) is 5.91 Å². The summed E-state index contributed by atoms with van der Waals surface area (Å²) < 4.78 is 42.6. The number of amides is 1. The molecule has 0 saturated carbocycles. The first-order valence-corrected chi connectivity index (χ1v) is 10.8.